The molecule has 0 aromatic heterocycles. The van der Waals surface area contributed by atoms with Crippen LogP contribution in [-0.2, 0) is 4.79 Å². The molecule has 0 aliphatic heterocycles. The molecule has 0 saturated carbocycles. The van der Waals surface area contributed by atoms with Gasteiger partial charge in [-0.1, -0.05) is 11.8 Å². The monoisotopic (exact) mass is 284 g/mol. The third-order valence-electron chi connectivity index (χ3n) is 2.47. The summed E-state index contributed by atoms with van der Waals surface area (Å²) in [6.07, 6.45) is 0. The molecule has 2 rings (SSSR count). The molecule has 3 N–H and O–H groups in total. The summed E-state index contributed by atoms with van der Waals surface area (Å²) < 4.78 is 4.84. The molecule has 0 fully saturated rings. The third kappa shape index (κ3) is 3.91. The number of rotatable bonds is 1. The van der Waals surface area contributed by atoms with Gasteiger partial charge in [-0.2, -0.15) is 0 Å². The van der Waals surface area contributed by atoms with E-state index in [0.717, 1.165) is 0 Å². The average Bonchev–Trinajstić information content (AvgIpc) is 2.38. The lowest BCUT2D eigenvalue weighted by molar-refractivity contribution is -0.132. The van der Waals surface area contributed by atoms with Crippen LogP contribution in [0.2, 0.25) is 0 Å². The second kappa shape index (κ2) is 5.88. The molecule has 21 heavy (non-hydrogen) atoms. The molecular weight excluding hydrogens is 272 g/mol. The predicted molar refractivity (Wildman–Crippen MR) is 75.2 cm³/mol. The van der Waals surface area contributed by atoms with E-state index in [1.54, 1.807) is 6.07 Å². The van der Waals surface area contributed by atoms with Gasteiger partial charge in [-0.3, -0.25) is 4.79 Å². The first-order valence-electron chi connectivity index (χ1n) is 6.00. The number of phenols is 3. The standard InChI is InChI=1S/C16H12O5/c1-10(17)21-16-8-11(4-5-15(16)20)2-3-12-6-13(18)9-14(19)7-12/h4-9,18-20H,1H3. The number of esters is 1. The Morgan fingerprint density at radius 2 is 1.57 bits per heavy atom. The van der Waals surface area contributed by atoms with Crippen LogP contribution in [0, 0.1) is 11.8 Å². The molecule has 0 aliphatic carbocycles. The number of benzene rings is 2. The number of aromatic hydroxyl groups is 3. The molecule has 0 radical (unpaired) electrons. The van der Waals surface area contributed by atoms with Crippen LogP contribution in [0.15, 0.2) is 36.4 Å². The van der Waals surface area contributed by atoms with Crippen molar-refractivity contribution in [3.8, 4) is 34.8 Å². The van der Waals surface area contributed by atoms with Crippen molar-refractivity contribution >= 4 is 5.97 Å². The van der Waals surface area contributed by atoms with Gasteiger partial charge >= 0.3 is 5.97 Å². The number of carbonyl (C=O) groups is 1. The van der Waals surface area contributed by atoms with Gasteiger partial charge in [0.25, 0.3) is 0 Å². The summed E-state index contributed by atoms with van der Waals surface area (Å²) in [4.78, 5) is 10.9. The zero-order valence-electron chi connectivity index (χ0n) is 11.1. The van der Waals surface area contributed by atoms with Crippen molar-refractivity contribution in [1.82, 2.24) is 0 Å². The summed E-state index contributed by atoms with van der Waals surface area (Å²) in [6.45, 7) is 1.23. The zero-order valence-corrected chi connectivity index (χ0v) is 11.1. The Labute approximate surface area is 121 Å². The summed E-state index contributed by atoms with van der Waals surface area (Å²) in [7, 11) is 0. The number of hydrogen-bond donors (Lipinski definition) is 3. The van der Waals surface area contributed by atoms with Crippen molar-refractivity contribution in [2.24, 2.45) is 0 Å². The zero-order chi connectivity index (χ0) is 15.4. The molecule has 0 amide bonds. The quantitative estimate of drug-likeness (QED) is 0.424. The highest BCUT2D eigenvalue weighted by molar-refractivity contribution is 5.70. The van der Waals surface area contributed by atoms with E-state index in [1.165, 1.54) is 37.3 Å². The molecule has 2 aromatic carbocycles. The van der Waals surface area contributed by atoms with Crippen molar-refractivity contribution in [2.45, 2.75) is 6.92 Å². The normalized spacial score (nSPS) is 9.57. The van der Waals surface area contributed by atoms with Crippen LogP contribution in [0.3, 0.4) is 0 Å². The van der Waals surface area contributed by atoms with Crippen molar-refractivity contribution < 1.29 is 24.9 Å². The molecule has 0 spiro atoms. The van der Waals surface area contributed by atoms with E-state index in [4.69, 9.17) is 4.74 Å². The van der Waals surface area contributed by atoms with Gasteiger partial charge in [-0.05, 0) is 24.3 Å². The van der Waals surface area contributed by atoms with E-state index in [1.807, 2.05) is 0 Å². The lowest BCUT2D eigenvalue weighted by Gasteiger charge is -2.03. The molecule has 0 heterocycles. The highest BCUT2D eigenvalue weighted by Crippen LogP contribution is 2.26. The van der Waals surface area contributed by atoms with Crippen LogP contribution in [0.25, 0.3) is 0 Å². The van der Waals surface area contributed by atoms with E-state index in [2.05, 4.69) is 11.8 Å². The van der Waals surface area contributed by atoms with Crippen LogP contribution in [0.4, 0.5) is 0 Å². The Hall–Kier alpha value is -3.13. The second-order valence-corrected chi connectivity index (χ2v) is 4.26. The average molecular weight is 284 g/mol. The van der Waals surface area contributed by atoms with Crippen LogP contribution < -0.4 is 4.74 Å². The maximum atomic E-state index is 10.9. The fourth-order valence-corrected chi connectivity index (χ4v) is 1.64. The van der Waals surface area contributed by atoms with Gasteiger partial charge in [-0.15, -0.1) is 0 Å². The molecular formula is C16H12O5. The van der Waals surface area contributed by atoms with E-state index in [-0.39, 0.29) is 23.0 Å². The molecule has 0 unspecified atom stereocenters. The van der Waals surface area contributed by atoms with Crippen molar-refractivity contribution in [1.29, 1.82) is 0 Å². The second-order valence-electron chi connectivity index (χ2n) is 4.26. The van der Waals surface area contributed by atoms with Gasteiger partial charge in [0.2, 0.25) is 0 Å². The third-order valence-corrected chi connectivity index (χ3v) is 2.47. The van der Waals surface area contributed by atoms with Gasteiger partial charge < -0.3 is 20.1 Å². The molecule has 5 heteroatoms. The Balaban J connectivity index is 2.32. The fraction of sp³-hybridized carbons (Fsp3) is 0.0625. The lowest BCUT2D eigenvalue weighted by atomic mass is 10.1. The molecule has 0 atom stereocenters. The summed E-state index contributed by atoms with van der Waals surface area (Å²) >= 11 is 0. The van der Waals surface area contributed by atoms with Gasteiger partial charge in [0.05, 0.1) is 0 Å². The number of carbonyl (C=O) groups excluding carboxylic acids is 1. The minimum Gasteiger partial charge on any atom is -0.508 e. The molecule has 0 bridgehead atoms. The molecule has 5 nitrogen and oxygen atoms in total. The van der Waals surface area contributed by atoms with E-state index < -0.39 is 5.97 Å². The first-order chi connectivity index (χ1) is 9.94. The maximum absolute atomic E-state index is 10.9. The number of ether oxygens (including phenoxy) is 1. The summed E-state index contributed by atoms with van der Waals surface area (Å²) in [6, 6.07) is 8.34. The van der Waals surface area contributed by atoms with Crippen LogP contribution in [-0.4, -0.2) is 21.3 Å². The summed E-state index contributed by atoms with van der Waals surface area (Å²) in [5, 5.41) is 28.3. The fourth-order valence-electron chi connectivity index (χ4n) is 1.64. The molecule has 106 valence electrons. The van der Waals surface area contributed by atoms with Crippen LogP contribution in [0.5, 0.6) is 23.0 Å². The molecule has 0 aliphatic rings. The van der Waals surface area contributed by atoms with Gasteiger partial charge in [0.15, 0.2) is 11.5 Å². The molecule has 2 aromatic rings. The Bertz CT molecular complexity index is 733. The van der Waals surface area contributed by atoms with Crippen molar-refractivity contribution in [2.75, 3.05) is 0 Å². The highest BCUT2D eigenvalue weighted by atomic mass is 16.5. The highest BCUT2D eigenvalue weighted by Gasteiger charge is 2.05. The van der Waals surface area contributed by atoms with E-state index >= 15 is 0 Å². The minimum atomic E-state index is -0.548. The first kappa shape index (κ1) is 14.3. The number of hydrogen-bond acceptors (Lipinski definition) is 5. The van der Waals surface area contributed by atoms with Gasteiger partial charge in [0.1, 0.15) is 11.5 Å². The topological polar surface area (TPSA) is 87.0 Å². The Morgan fingerprint density at radius 3 is 2.19 bits per heavy atom. The van der Waals surface area contributed by atoms with Crippen molar-refractivity contribution in [3.63, 3.8) is 0 Å². The first-order valence-corrected chi connectivity index (χ1v) is 6.00. The predicted octanol–water partition coefficient (Wildman–Crippen LogP) is 2.13. The maximum Gasteiger partial charge on any atom is 0.308 e. The Morgan fingerprint density at radius 1 is 0.952 bits per heavy atom. The van der Waals surface area contributed by atoms with Gasteiger partial charge in [-0.25, -0.2) is 0 Å². The SMILES string of the molecule is CC(=O)Oc1cc(C#Cc2cc(O)cc(O)c2)ccc1O. The summed E-state index contributed by atoms with van der Waals surface area (Å²) in [5.74, 6) is 4.66. The summed E-state index contributed by atoms with van der Waals surface area (Å²) in [5.41, 5.74) is 0.932. The van der Waals surface area contributed by atoms with Gasteiger partial charge in [0, 0.05) is 30.2 Å². The molecule has 0 saturated heterocycles. The number of phenolic OH excluding ortho intramolecular Hbond substituents is 3. The smallest absolute Gasteiger partial charge is 0.308 e. The van der Waals surface area contributed by atoms with E-state index in [0.29, 0.717) is 11.1 Å². The van der Waals surface area contributed by atoms with Crippen LogP contribution in [0.1, 0.15) is 18.1 Å². The minimum absolute atomic E-state index is 0.0213. The van der Waals surface area contributed by atoms with Crippen molar-refractivity contribution in [3.05, 3.63) is 47.5 Å². The Kier molecular flexibility index (Phi) is 4.00. The largest absolute Gasteiger partial charge is 0.508 e. The van der Waals surface area contributed by atoms with E-state index in [9.17, 15) is 20.1 Å². The van der Waals surface area contributed by atoms with Crippen LogP contribution >= 0.6 is 0 Å². The lowest BCUT2D eigenvalue weighted by Crippen LogP contribution is -2.01.